The Labute approximate surface area is 101 Å². The lowest BCUT2D eigenvalue weighted by atomic mass is 10.2. The second-order valence-corrected chi connectivity index (χ2v) is 4.08. The summed E-state index contributed by atoms with van der Waals surface area (Å²) in [6.45, 7) is 0. The van der Waals surface area contributed by atoms with Gasteiger partial charge in [0, 0.05) is 5.38 Å². The van der Waals surface area contributed by atoms with Crippen molar-refractivity contribution in [1.29, 1.82) is 0 Å². The molecule has 1 aromatic carbocycles. The topological polar surface area (TPSA) is 79.7 Å². The quantitative estimate of drug-likeness (QED) is 0.874. The maximum absolute atomic E-state index is 10.7. The number of rotatable bonds is 3. The number of carboxylic acid groups (broad SMARTS) is 1. The van der Waals surface area contributed by atoms with Gasteiger partial charge in [0.1, 0.15) is 16.5 Å². The number of aromatic carboxylic acids is 1. The van der Waals surface area contributed by atoms with Gasteiger partial charge in [0.15, 0.2) is 5.69 Å². The molecule has 0 spiro atoms. The Morgan fingerprint density at radius 3 is 2.82 bits per heavy atom. The molecule has 2 aromatic rings. The van der Waals surface area contributed by atoms with Crippen LogP contribution in [-0.2, 0) is 0 Å². The smallest absolute Gasteiger partial charge is 0.355 e. The summed E-state index contributed by atoms with van der Waals surface area (Å²) in [5, 5.41) is 20.3. The average molecular weight is 251 g/mol. The molecule has 0 aliphatic heterocycles. The third kappa shape index (κ3) is 2.21. The van der Waals surface area contributed by atoms with Crippen molar-refractivity contribution in [3.8, 4) is 22.1 Å². The van der Waals surface area contributed by atoms with Crippen molar-refractivity contribution < 1.29 is 19.7 Å². The Hall–Kier alpha value is -2.08. The Kier molecular flexibility index (Phi) is 2.97. The highest BCUT2D eigenvalue weighted by atomic mass is 32.1. The molecular weight excluding hydrogens is 242 g/mol. The second kappa shape index (κ2) is 4.42. The van der Waals surface area contributed by atoms with Gasteiger partial charge in [-0.3, -0.25) is 0 Å². The number of phenols is 1. The number of thiazole rings is 1. The van der Waals surface area contributed by atoms with Gasteiger partial charge in [-0.15, -0.1) is 11.3 Å². The minimum Gasteiger partial charge on any atom is -0.507 e. The molecule has 2 N–H and O–H groups in total. The van der Waals surface area contributed by atoms with Crippen molar-refractivity contribution in [3.63, 3.8) is 0 Å². The largest absolute Gasteiger partial charge is 0.507 e. The van der Waals surface area contributed by atoms with Crippen LogP contribution in [0, 0.1) is 0 Å². The molecule has 6 heteroatoms. The first-order chi connectivity index (χ1) is 8.11. The van der Waals surface area contributed by atoms with Crippen LogP contribution < -0.4 is 4.74 Å². The van der Waals surface area contributed by atoms with E-state index in [9.17, 15) is 9.90 Å². The molecule has 0 bridgehead atoms. The summed E-state index contributed by atoms with van der Waals surface area (Å²) in [7, 11) is 1.51. The van der Waals surface area contributed by atoms with Crippen molar-refractivity contribution in [1.82, 2.24) is 4.98 Å². The fraction of sp³-hybridized carbons (Fsp3) is 0.0909. The zero-order valence-corrected chi connectivity index (χ0v) is 9.69. The van der Waals surface area contributed by atoms with E-state index in [1.165, 1.54) is 18.6 Å². The fourth-order valence-electron chi connectivity index (χ4n) is 1.31. The molecule has 0 aliphatic rings. The van der Waals surface area contributed by atoms with Crippen molar-refractivity contribution in [2.24, 2.45) is 0 Å². The van der Waals surface area contributed by atoms with E-state index >= 15 is 0 Å². The number of carboxylic acids is 1. The highest BCUT2D eigenvalue weighted by Crippen LogP contribution is 2.34. The standard InChI is InChI=1S/C11H9NO4S/c1-16-6-2-3-9(13)7(4-6)10-12-8(5-17-10)11(14)15/h2-5,13H,1H3,(H,14,15). The number of aromatic nitrogens is 1. The summed E-state index contributed by atoms with van der Waals surface area (Å²) in [4.78, 5) is 14.6. The molecule has 1 aromatic heterocycles. The molecule has 0 amide bonds. The molecule has 0 fully saturated rings. The zero-order valence-electron chi connectivity index (χ0n) is 8.88. The van der Waals surface area contributed by atoms with Gasteiger partial charge in [-0.05, 0) is 18.2 Å². The highest BCUT2D eigenvalue weighted by Gasteiger charge is 2.13. The van der Waals surface area contributed by atoms with Gasteiger partial charge in [-0.25, -0.2) is 9.78 Å². The molecule has 0 radical (unpaired) electrons. The summed E-state index contributed by atoms with van der Waals surface area (Å²) in [6.07, 6.45) is 0. The van der Waals surface area contributed by atoms with E-state index in [4.69, 9.17) is 9.84 Å². The van der Waals surface area contributed by atoms with Crippen molar-refractivity contribution in [3.05, 3.63) is 29.3 Å². The molecule has 0 aliphatic carbocycles. The summed E-state index contributed by atoms with van der Waals surface area (Å²) >= 11 is 1.16. The number of benzene rings is 1. The maximum Gasteiger partial charge on any atom is 0.355 e. The van der Waals surface area contributed by atoms with Crippen molar-refractivity contribution in [2.75, 3.05) is 7.11 Å². The molecule has 0 saturated carbocycles. The number of ether oxygens (including phenoxy) is 1. The highest BCUT2D eigenvalue weighted by molar-refractivity contribution is 7.13. The van der Waals surface area contributed by atoms with Crippen LogP contribution in [0.15, 0.2) is 23.6 Å². The van der Waals surface area contributed by atoms with E-state index in [1.54, 1.807) is 12.1 Å². The van der Waals surface area contributed by atoms with E-state index in [1.807, 2.05) is 0 Å². The van der Waals surface area contributed by atoms with E-state index < -0.39 is 5.97 Å². The molecule has 1 heterocycles. The van der Waals surface area contributed by atoms with Crippen LogP contribution in [0.3, 0.4) is 0 Å². The van der Waals surface area contributed by atoms with Gasteiger partial charge >= 0.3 is 5.97 Å². The molecule has 0 saturated heterocycles. The first-order valence-corrected chi connectivity index (χ1v) is 5.56. The minimum atomic E-state index is -1.09. The monoisotopic (exact) mass is 251 g/mol. The van der Waals surface area contributed by atoms with Gasteiger partial charge in [0.25, 0.3) is 0 Å². The summed E-state index contributed by atoms with van der Waals surface area (Å²) in [6, 6.07) is 4.71. The normalized spacial score (nSPS) is 10.2. The number of phenolic OH excluding ortho intramolecular Hbond substituents is 1. The lowest BCUT2D eigenvalue weighted by Crippen LogP contribution is -1.95. The predicted molar refractivity (Wildman–Crippen MR) is 62.7 cm³/mol. The van der Waals surface area contributed by atoms with Gasteiger partial charge in [-0.1, -0.05) is 0 Å². The summed E-state index contributed by atoms with van der Waals surface area (Å²) in [5.74, 6) is -0.475. The van der Waals surface area contributed by atoms with Gasteiger partial charge in [0.2, 0.25) is 0 Å². The van der Waals surface area contributed by atoms with Crippen LogP contribution in [0.1, 0.15) is 10.5 Å². The number of aromatic hydroxyl groups is 1. The Balaban J connectivity index is 2.47. The molecular formula is C11H9NO4S. The van der Waals surface area contributed by atoms with Gasteiger partial charge in [0.05, 0.1) is 12.7 Å². The Bertz CT molecular complexity index is 564. The van der Waals surface area contributed by atoms with Gasteiger partial charge < -0.3 is 14.9 Å². The molecule has 0 unspecified atom stereocenters. The average Bonchev–Trinajstić information content (AvgIpc) is 2.79. The van der Waals surface area contributed by atoms with E-state index in [0.29, 0.717) is 16.3 Å². The molecule has 17 heavy (non-hydrogen) atoms. The van der Waals surface area contributed by atoms with E-state index in [2.05, 4.69) is 4.98 Å². The van der Waals surface area contributed by atoms with Crippen LogP contribution in [0.5, 0.6) is 11.5 Å². The lowest BCUT2D eigenvalue weighted by molar-refractivity contribution is 0.0691. The third-order valence-electron chi connectivity index (χ3n) is 2.16. The summed E-state index contributed by atoms with van der Waals surface area (Å²) < 4.78 is 5.04. The first-order valence-electron chi connectivity index (χ1n) is 4.68. The van der Waals surface area contributed by atoms with Crippen LogP contribution in [0.2, 0.25) is 0 Å². The number of hydrogen-bond donors (Lipinski definition) is 2. The number of methoxy groups -OCH3 is 1. The fourth-order valence-corrected chi connectivity index (χ4v) is 2.13. The van der Waals surface area contributed by atoms with E-state index in [-0.39, 0.29) is 11.4 Å². The maximum atomic E-state index is 10.7. The first kappa shape index (κ1) is 11.4. The van der Waals surface area contributed by atoms with E-state index in [0.717, 1.165) is 11.3 Å². The van der Waals surface area contributed by atoms with Crippen LogP contribution in [-0.4, -0.2) is 28.3 Å². The number of hydrogen-bond acceptors (Lipinski definition) is 5. The molecule has 2 rings (SSSR count). The minimum absolute atomic E-state index is 0.0350. The SMILES string of the molecule is COc1ccc(O)c(-c2nc(C(=O)O)cs2)c1. The molecule has 88 valence electrons. The Morgan fingerprint density at radius 1 is 1.47 bits per heavy atom. The Morgan fingerprint density at radius 2 is 2.24 bits per heavy atom. The number of carbonyl (C=O) groups is 1. The van der Waals surface area contributed by atoms with Gasteiger partial charge in [-0.2, -0.15) is 0 Å². The molecule has 5 nitrogen and oxygen atoms in total. The van der Waals surface area contributed by atoms with Crippen LogP contribution >= 0.6 is 11.3 Å². The zero-order chi connectivity index (χ0) is 12.4. The van der Waals surface area contributed by atoms with Crippen LogP contribution in [0.25, 0.3) is 10.6 Å². The lowest BCUT2D eigenvalue weighted by Gasteiger charge is -2.04. The second-order valence-electron chi connectivity index (χ2n) is 3.23. The van der Waals surface area contributed by atoms with Crippen molar-refractivity contribution >= 4 is 17.3 Å². The summed E-state index contributed by atoms with van der Waals surface area (Å²) in [5.41, 5.74) is 0.425. The van der Waals surface area contributed by atoms with Crippen molar-refractivity contribution in [2.45, 2.75) is 0 Å². The van der Waals surface area contributed by atoms with Crippen LogP contribution in [0.4, 0.5) is 0 Å². The molecule has 0 atom stereocenters. The third-order valence-corrected chi connectivity index (χ3v) is 3.03. The number of nitrogens with zero attached hydrogens (tertiary/aromatic N) is 1. The predicted octanol–water partition coefficient (Wildman–Crippen LogP) is 2.22.